The number of nitrogens with zero attached hydrogens (tertiary/aromatic N) is 1. The summed E-state index contributed by atoms with van der Waals surface area (Å²) in [6.07, 6.45) is 3.44. The van der Waals surface area contributed by atoms with Crippen molar-refractivity contribution >= 4 is 23.5 Å². The van der Waals surface area contributed by atoms with Crippen molar-refractivity contribution in [2.45, 2.75) is 12.8 Å². The topological polar surface area (TPSA) is 37.4 Å². The van der Waals surface area contributed by atoms with Crippen molar-refractivity contribution in [2.24, 2.45) is 5.92 Å². The Labute approximate surface area is 157 Å². The van der Waals surface area contributed by atoms with Crippen LogP contribution < -0.4 is 0 Å². The smallest absolute Gasteiger partial charge is 0.232 e. The SMILES string of the molecule is CSCC(=O)N1CCC[C@@H](C(=O)c2ccc(-c3ccccc3)c(F)c2)C1. The van der Waals surface area contributed by atoms with E-state index in [1.807, 2.05) is 36.6 Å². The number of hydrogen-bond acceptors (Lipinski definition) is 3. The van der Waals surface area contributed by atoms with Gasteiger partial charge in [0.15, 0.2) is 5.78 Å². The fraction of sp³-hybridized carbons (Fsp3) is 0.333. The molecule has 26 heavy (non-hydrogen) atoms. The van der Waals surface area contributed by atoms with E-state index < -0.39 is 5.82 Å². The number of piperidine rings is 1. The maximum Gasteiger partial charge on any atom is 0.232 e. The van der Waals surface area contributed by atoms with Gasteiger partial charge in [0, 0.05) is 30.1 Å². The molecule has 136 valence electrons. The lowest BCUT2D eigenvalue weighted by Gasteiger charge is -2.32. The Morgan fingerprint density at radius 3 is 2.65 bits per heavy atom. The molecule has 3 nitrogen and oxygen atoms in total. The van der Waals surface area contributed by atoms with Crippen LogP contribution in [0.2, 0.25) is 0 Å². The molecular weight excluding hydrogens is 349 g/mol. The molecule has 2 aromatic rings. The molecule has 0 saturated carbocycles. The Balaban J connectivity index is 1.75. The van der Waals surface area contributed by atoms with Crippen LogP contribution >= 0.6 is 11.8 Å². The molecule has 1 amide bonds. The Bertz CT molecular complexity index is 794. The first-order valence-electron chi connectivity index (χ1n) is 8.76. The standard InChI is InChI=1S/C21H22FNO2S/c1-26-14-20(24)23-11-5-8-17(13-23)21(25)16-9-10-18(19(22)12-16)15-6-3-2-4-7-15/h2-4,6-7,9-10,12,17H,5,8,11,13-14H2,1H3/t17-/m1/s1. The van der Waals surface area contributed by atoms with Gasteiger partial charge in [0.05, 0.1) is 5.75 Å². The summed E-state index contributed by atoms with van der Waals surface area (Å²) in [4.78, 5) is 26.7. The summed E-state index contributed by atoms with van der Waals surface area (Å²) in [5.74, 6) is -0.225. The number of likely N-dealkylation sites (tertiary alicyclic amines) is 1. The van der Waals surface area contributed by atoms with Gasteiger partial charge < -0.3 is 4.90 Å². The van der Waals surface area contributed by atoms with Crippen LogP contribution in [0, 0.1) is 11.7 Å². The van der Waals surface area contributed by atoms with Crippen molar-refractivity contribution in [3.05, 3.63) is 59.9 Å². The molecule has 5 heteroatoms. The number of halogens is 1. The largest absolute Gasteiger partial charge is 0.341 e. The molecule has 0 aliphatic carbocycles. The van der Waals surface area contributed by atoms with E-state index in [2.05, 4.69) is 0 Å². The number of ketones is 1. The highest BCUT2D eigenvalue weighted by Crippen LogP contribution is 2.26. The Hall–Kier alpha value is -2.14. The number of rotatable bonds is 5. The van der Waals surface area contributed by atoms with Crippen molar-refractivity contribution in [1.29, 1.82) is 0 Å². The molecule has 1 fully saturated rings. The summed E-state index contributed by atoms with van der Waals surface area (Å²) in [6.45, 7) is 1.13. The average Bonchev–Trinajstić information content (AvgIpc) is 2.68. The van der Waals surface area contributed by atoms with Gasteiger partial charge in [-0.1, -0.05) is 42.5 Å². The summed E-state index contributed by atoms with van der Waals surface area (Å²) in [5.41, 5.74) is 1.66. The van der Waals surface area contributed by atoms with Crippen LogP contribution in [0.1, 0.15) is 23.2 Å². The van der Waals surface area contributed by atoms with E-state index in [0.717, 1.165) is 18.4 Å². The molecule has 0 aromatic heterocycles. The maximum atomic E-state index is 14.5. The lowest BCUT2D eigenvalue weighted by Crippen LogP contribution is -2.43. The third-order valence-electron chi connectivity index (χ3n) is 4.75. The first-order valence-corrected chi connectivity index (χ1v) is 10.2. The second kappa shape index (κ2) is 8.49. The van der Waals surface area contributed by atoms with E-state index in [4.69, 9.17) is 0 Å². The molecule has 1 saturated heterocycles. The predicted octanol–water partition coefficient (Wildman–Crippen LogP) is 4.28. The molecule has 1 heterocycles. The summed E-state index contributed by atoms with van der Waals surface area (Å²) in [6, 6.07) is 14.0. The minimum atomic E-state index is -0.395. The normalized spacial score (nSPS) is 17.2. The van der Waals surface area contributed by atoms with Crippen molar-refractivity contribution in [2.75, 3.05) is 25.1 Å². The molecule has 0 spiro atoms. The third kappa shape index (κ3) is 4.15. The van der Waals surface area contributed by atoms with Gasteiger partial charge in [-0.3, -0.25) is 9.59 Å². The fourth-order valence-corrected chi connectivity index (χ4v) is 3.82. The molecule has 0 unspecified atom stereocenters. The van der Waals surface area contributed by atoms with E-state index in [-0.39, 0.29) is 17.6 Å². The van der Waals surface area contributed by atoms with E-state index in [1.54, 1.807) is 17.0 Å². The van der Waals surface area contributed by atoms with E-state index in [9.17, 15) is 14.0 Å². The van der Waals surface area contributed by atoms with Crippen LogP contribution in [0.4, 0.5) is 4.39 Å². The molecule has 1 atom stereocenters. The molecule has 0 radical (unpaired) electrons. The second-order valence-electron chi connectivity index (χ2n) is 6.54. The monoisotopic (exact) mass is 371 g/mol. The predicted molar refractivity (Wildman–Crippen MR) is 104 cm³/mol. The maximum absolute atomic E-state index is 14.5. The van der Waals surface area contributed by atoms with Gasteiger partial charge >= 0.3 is 0 Å². The van der Waals surface area contributed by atoms with Crippen LogP contribution in [-0.2, 0) is 4.79 Å². The van der Waals surface area contributed by atoms with E-state index in [1.165, 1.54) is 17.8 Å². The van der Waals surface area contributed by atoms with Gasteiger partial charge in [0.25, 0.3) is 0 Å². The average molecular weight is 371 g/mol. The highest BCUT2D eigenvalue weighted by atomic mass is 32.2. The van der Waals surface area contributed by atoms with Crippen molar-refractivity contribution in [3.63, 3.8) is 0 Å². The van der Waals surface area contributed by atoms with Gasteiger partial charge in [0.1, 0.15) is 5.82 Å². The van der Waals surface area contributed by atoms with Gasteiger partial charge in [-0.05, 0) is 30.7 Å². The minimum Gasteiger partial charge on any atom is -0.341 e. The molecule has 3 rings (SSSR count). The zero-order valence-corrected chi connectivity index (χ0v) is 15.6. The zero-order chi connectivity index (χ0) is 18.5. The van der Waals surface area contributed by atoms with Crippen molar-refractivity contribution in [1.82, 2.24) is 4.90 Å². The Kier molecular flexibility index (Phi) is 6.09. The van der Waals surface area contributed by atoms with Gasteiger partial charge in [0.2, 0.25) is 5.91 Å². The highest BCUT2D eigenvalue weighted by molar-refractivity contribution is 7.99. The first kappa shape index (κ1) is 18.6. The molecule has 2 aromatic carbocycles. The number of Topliss-reactive ketones (excluding diaryl/α,β-unsaturated/α-hetero) is 1. The van der Waals surface area contributed by atoms with Crippen LogP contribution in [0.5, 0.6) is 0 Å². The lowest BCUT2D eigenvalue weighted by molar-refractivity contribution is -0.129. The molecule has 0 bridgehead atoms. The van der Waals surface area contributed by atoms with Gasteiger partial charge in [-0.15, -0.1) is 0 Å². The summed E-state index contributed by atoms with van der Waals surface area (Å²) >= 11 is 1.49. The minimum absolute atomic E-state index is 0.0700. The zero-order valence-electron chi connectivity index (χ0n) is 14.8. The number of thioether (sulfide) groups is 1. The fourth-order valence-electron chi connectivity index (χ4n) is 3.39. The third-order valence-corrected chi connectivity index (χ3v) is 5.29. The lowest BCUT2D eigenvalue weighted by atomic mass is 9.89. The number of carbonyl (C=O) groups excluding carboxylic acids is 2. The van der Waals surface area contributed by atoms with Crippen LogP contribution in [0.25, 0.3) is 11.1 Å². The Morgan fingerprint density at radius 2 is 1.96 bits per heavy atom. The number of carbonyl (C=O) groups is 2. The summed E-state index contributed by atoms with van der Waals surface area (Å²) in [7, 11) is 0. The number of hydrogen-bond donors (Lipinski definition) is 0. The molecule has 1 aliphatic rings. The Morgan fingerprint density at radius 1 is 1.19 bits per heavy atom. The second-order valence-corrected chi connectivity index (χ2v) is 7.40. The summed E-state index contributed by atoms with van der Waals surface area (Å²) < 4.78 is 14.5. The number of amides is 1. The quantitative estimate of drug-likeness (QED) is 0.737. The number of benzene rings is 2. The molecule has 0 N–H and O–H groups in total. The molecular formula is C21H22FNO2S. The molecule has 1 aliphatic heterocycles. The van der Waals surface area contributed by atoms with E-state index in [0.29, 0.717) is 30.0 Å². The van der Waals surface area contributed by atoms with Crippen LogP contribution in [0.3, 0.4) is 0 Å². The van der Waals surface area contributed by atoms with Crippen LogP contribution in [-0.4, -0.2) is 41.7 Å². The van der Waals surface area contributed by atoms with E-state index >= 15 is 0 Å². The van der Waals surface area contributed by atoms with Crippen LogP contribution in [0.15, 0.2) is 48.5 Å². The van der Waals surface area contributed by atoms with Crippen molar-refractivity contribution < 1.29 is 14.0 Å². The van der Waals surface area contributed by atoms with Gasteiger partial charge in [-0.2, -0.15) is 11.8 Å². The summed E-state index contributed by atoms with van der Waals surface area (Å²) in [5, 5.41) is 0. The highest BCUT2D eigenvalue weighted by Gasteiger charge is 2.29. The van der Waals surface area contributed by atoms with Gasteiger partial charge in [-0.25, -0.2) is 4.39 Å². The van der Waals surface area contributed by atoms with Crippen molar-refractivity contribution in [3.8, 4) is 11.1 Å². The first-order chi connectivity index (χ1) is 12.6.